The number of ether oxygens (including phenoxy) is 1. The lowest BCUT2D eigenvalue weighted by Gasteiger charge is -2.28. The van der Waals surface area contributed by atoms with Crippen LogP contribution in [0, 0.1) is 0 Å². The lowest BCUT2D eigenvalue weighted by atomic mass is 10.3. The summed E-state index contributed by atoms with van der Waals surface area (Å²) in [5.74, 6) is 0. The van der Waals surface area contributed by atoms with E-state index in [-0.39, 0.29) is 16.3 Å². The molecule has 1 unspecified atom stereocenters. The molecule has 0 amide bonds. The van der Waals surface area contributed by atoms with E-state index in [1.54, 1.807) is 6.20 Å². The van der Waals surface area contributed by atoms with Gasteiger partial charge in [0.25, 0.3) is 0 Å². The van der Waals surface area contributed by atoms with Gasteiger partial charge >= 0.3 is 0 Å². The molecule has 1 saturated heterocycles. The van der Waals surface area contributed by atoms with Crippen molar-refractivity contribution in [1.82, 2.24) is 4.90 Å². The van der Waals surface area contributed by atoms with Crippen molar-refractivity contribution in [2.45, 2.75) is 32.6 Å². The van der Waals surface area contributed by atoms with E-state index >= 15 is 0 Å². The van der Waals surface area contributed by atoms with Gasteiger partial charge in [0.05, 0.1) is 6.10 Å². The number of halogens is 2. The summed E-state index contributed by atoms with van der Waals surface area (Å²) in [4.78, 5) is 1.99. The Bertz CT molecular complexity index is 199. The maximum atomic E-state index is 5.63. The van der Waals surface area contributed by atoms with Gasteiger partial charge in [-0.05, 0) is 20.8 Å². The maximum absolute atomic E-state index is 5.63. The molecule has 12 heavy (non-hydrogen) atoms. The molecule has 0 aromatic heterocycles. The summed E-state index contributed by atoms with van der Waals surface area (Å²) in [6.07, 6.45) is 1.93. The van der Waals surface area contributed by atoms with Gasteiger partial charge in [-0.25, -0.2) is 0 Å². The molecule has 1 fully saturated rings. The van der Waals surface area contributed by atoms with E-state index in [9.17, 15) is 0 Å². The molecule has 70 valence electrons. The first-order valence-electron chi connectivity index (χ1n) is 3.89. The normalized spacial score (nSPS) is 27.4. The fraction of sp³-hybridized carbons (Fsp3) is 0.750. The predicted molar refractivity (Wildman–Crippen MR) is 51.1 cm³/mol. The van der Waals surface area contributed by atoms with E-state index in [1.807, 2.05) is 25.7 Å². The molecule has 1 aliphatic heterocycles. The van der Waals surface area contributed by atoms with Crippen LogP contribution in [0.4, 0.5) is 0 Å². The minimum atomic E-state index is -0.297. The summed E-state index contributed by atoms with van der Waals surface area (Å²) in [5, 5.41) is 0. The van der Waals surface area contributed by atoms with Crippen molar-refractivity contribution in [3.63, 3.8) is 0 Å². The van der Waals surface area contributed by atoms with Crippen molar-refractivity contribution in [1.29, 1.82) is 0 Å². The van der Waals surface area contributed by atoms with Crippen molar-refractivity contribution >= 4 is 23.2 Å². The van der Waals surface area contributed by atoms with Crippen LogP contribution in [0.2, 0.25) is 0 Å². The molecule has 0 saturated carbocycles. The van der Waals surface area contributed by atoms with Gasteiger partial charge in [0.1, 0.15) is 10.2 Å². The van der Waals surface area contributed by atoms with Crippen LogP contribution < -0.4 is 0 Å². The number of nitrogens with zero attached hydrogens (tertiary/aromatic N) is 1. The van der Waals surface area contributed by atoms with Crippen LogP contribution >= 0.6 is 23.2 Å². The lowest BCUT2D eigenvalue weighted by molar-refractivity contribution is -0.0552. The van der Waals surface area contributed by atoms with Gasteiger partial charge in [-0.2, -0.15) is 0 Å². The third kappa shape index (κ3) is 2.28. The Morgan fingerprint density at radius 3 is 2.50 bits per heavy atom. The third-order valence-electron chi connectivity index (χ3n) is 1.89. The van der Waals surface area contributed by atoms with E-state index in [2.05, 4.69) is 0 Å². The molecule has 0 spiro atoms. The van der Waals surface area contributed by atoms with Crippen molar-refractivity contribution < 1.29 is 4.74 Å². The molecule has 1 rings (SSSR count). The molecular weight excluding hydrogens is 197 g/mol. The zero-order valence-corrected chi connectivity index (χ0v) is 8.99. The minimum Gasteiger partial charge on any atom is -0.351 e. The average Bonchev–Trinajstić information content (AvgIpc) is 2.04. The van der Waals surface area contributed by atoms with Crippen LogP contribution in [-0.2, 0) is 4.74 Å². The Hall–Kier alpha value is 0.0800. The van der Waals surface area contributed by atoms with Crippen molar-refractivity contribution in [3.05, 3.63) is 10.7 Å². The van der Waals surface area contributed by atoms with Crippen molar-refractivity contribution in [3.8, 4) is 0 Å². The molecule has 0 N–H and O–H groups in total. The highest BCUT2D eigenvalue weighted by Gasteiger charge is 2.35. The first-order chi connectivity index (χ1) is 5.42. The summed E-state index contributed by atoms with van der Waals surface area (Å²) in [7, 11) is 0. The second-order valence-electron chi connectivity index (χ2n) is 3.45. The fourth-order valence-electron chi connectivity index (χ4n) is 1.42. The van der Waals surface area contributed by atoms with Crippen LogP contribution in [0.3, 0.4) is 0 Å². The molecule has 1 atom stereocenters. The van der Waals surface area contributed by atoms with E-state index in [0.717, 1.165) is 6.54 Å². The quantitative estimate of drug-likeness (QED) is 0.659. The molecule has 0 bridgehead atoms. The smallest absolute Gasteiger partial charge is 0.135 e. The molecule has 2 nitrogen and oxygen atoms in total. The molecule has 0 radical (unpaired) electrons. The van der Waals surface area contributed by atoms with Gasteiger partial charge in [-0.15, -0.1) is 0 Å². The van der Waals surface area contributed by atoms with Gasteiger partial charge < -0.3 is 9.64 Å². The number of rotatable bonds is 1. The molecule has 1 aliphatic rings. The molecule has 0 aromatic rings. The van der Waals surface area contributed by atoms with E-state index in [1.165, 1.54) is 0 Å². The summed E-state index contributed by atoms with van der Waals surface area (Å²) < 4.78 is 5.89. The molecule has 1 heterocycles. The summed E-state index contributed by atoms with van der Waals surface area (Å²) in [6, 6.07) is 0. The zero-order chi connectivity index (χ0) is 9.35. The van der Waals surface area contributed by atoms with E-state index in [0.29, 0.717) is 0 Å². The van der Waals surface area contributed by atoms with Gasteiger partial charge in [0.2, 0.25) is 0 Å². The van der Waals surface area contributed by atoms with Gasteiger partial charge in [0, 0.05) is 12.7 Å². The monoisotopic (exact) mass is 209 g/mol. The Labute approximate surface area is 83.1 Å². The van der Waals surface area contributed by atoms with Crippen LogP contribution in [0.5, 0.6) is 0 Å². The Kier molecular flexibility index (Phi) is 2.92. The van der Waals surface area contributed by atoms with Gasteiger partial charge in [-0.1, -0.05) is 23.2 Å². The highest BCUT2D eigenvalue weighted by molar-refractivity contribution is 6.55. The average molecular weight is 210 g/mol. The predicted octanol–water partition coefficient (Wildman–Crippen LogP) is 2.72. The summed E-state index contributed by atoms with van der Waals surface area (Å²) >= 11 is 11.1. The zero-order valence-electron chi connectivity index (χ0n) is 7.47. The van der Waals surface area contributed by atoms with Crippen LogP contribution in [0.15, 0.2) is 10.7 Å². The molecule has 4 heteroatoms. The summed E-state index contributed by atoms with van der Waals surface area (Å²) in [5.41, 5.74) is -0.297. The van der Waals surface area contributed by atoms with Crippen molar-refractivity contribution in [2.24, 2.45) is 0 Å². The molecule has 0 aliphatic carbocycles. The van der Waals surface area contributed by atoms with Crippen LogP contribution in [-0.4, -0.2) is 23.3 Å². The second-order valence-corrected chi connectivity index (χ2v) is 4.45. The van der Waals surface area contributed by atoms with Gasteiger partial charge in [0.15, 0.2) is 0 Å². The fourth-order valence-corrected chi connectivity index (χ4v) is 1.66. The van der Waals surface area contributed by atoms with E-state index < -0.39 is 0 Å². The van der Waals surface area contributed by atoms with Crippen LogP contribution in [0.1, 0.15) is 20.8 Å². The third-order valence-corrected chi connectivity index (χ3v) is 2.08. The maximum Gasteiger partial charge on any atom is 0.135 e. The van der Waals surface area contributed by atoms with Gasteiger partial charge in [-0.3, -0.25) is 0 Å². The first kappa shape index (κ1) is 10.2. The highest BCUT2D eigenvalue weighted by Crippen LogP contribution is 2.28. The van der Waals surface area contributed by atoms with Crippen molar-refractivity contribution in [2.75, 3.05) is 6.54 Å². The van der Waals surface area contributed by atoms with E-state index in [4.69, 9.17) is 27.9 Å². The lowest BCUT2D eigenvalue weighted by Crippen LogP contribution is -2.35. The summed E-state index contributed by atoms with van der Waals surface area (Å²) in [6.45, 7) is 6.83. The van der Waals surface area contributed by atoms with Crippen LogP contribution in [0.25, 0.3) is 0 Å². The SMILES string of the molecule is CC1CN(C=C(Cl)Cl)C(C)(C)O1. The topological polar surface area (TPSA) is 12.5 Å². The second kappa shape index (κ2) is 3.44. The molecular formula is C8H13Cl2NO. The number of hydrogen-bond acceptors (Lipinski definition) is 2. The molecule has 0 aromatic carbocycles. The standard InChI is InChI=1S/C8H13Cl2NO/c1-6-4-11(5-7(9)10)8(2,3)12-6/h5-6H,4H2,1-3H3. The highest BCUT2D eigenvalue weighted by atomic mass is 35.5. The minimum absolute atomic E-state index is 0.226. The number of hydrogen-bond donors (Lipinski definition) is 0. The first-order valence-corrected chi connectivity index (χ1v) is 4.65. The Balaban J connectivity index is 2.72. The Morgan fingerprint density at radius 2 is 2.17 bits per heavy atom. The largest absolute Gasteiger partial charge is 0.351 e. The Morgan fingerprint density at radius 1 is 1.58 bits per heavy atom.